The Labute approximate surface area is 106 Å². The SMILES string of the molecule is CNS(=O)(=O)Cc1ccc2c(ccn2CC#N)c1. The van der Waals surface area contributed by atoms with Gasteiger partial charge in [-0.2, -0.15) is 5.26 Å². The molecule has 0 amide bonds. The van der Waals surface area contributed by atoms with Crippen molar-refractivity contribution in [3.8, 4) is 6.07 Å². The predicted octanol–water partition coefficient (Wildman–Crippen LogP) is 1.21. The number of nitrogens with zero attached hydrogens (tertiary/aromatic N) is 2. The van der Waals surface area contributed by atoms with Gasteiger partial charge in [0.2, 0.25) is 10.0 Å². The zero-order valence-corrected chi connectivity index (χ0v) is 10.7. The molecular formula is C12H13N3O2S. The lowest BCUT2D eigenvalue weighted by Crippen LogP contribution is -2.20. The molecule has 0 bridgehead atoms. The number of rotatable bonds is 4. The molecule has 0 aliphatic heterocycles. The van der Waals surface area contributed by atoms with Crippen molar-refractivity contribution in [3.05, 3.63) is 36.0 Å². The molecule has 2 rings (SSSR count). The molecule has 1 heterocycles. The molecule has 18 heavy (non-hydrogen) atoms. The van der Waals surface area contributed by atoms with Crippen molar-refractivity contribution >= 4 is 20.9 Å². The van der Waals surface area contributed by atoms with Gasteiger partial charge in [-0.05, 0) is 36.2 Å². The van der Waals surface area contributed by atoms with Crippen molar-refractivity contribution in [2.24, 2.45) is 0 Å². The number of hydrogen-bond acceptors (Lipinski definition) is 3. The lowest BCUT2D eigenvalue weighted by Gasteiger charge is -2.04. The van der Waals surface area contributed by atoms with E-state index in [-0.39, 0.29) is 12.3 Å². The molecule has 1 aromatic carbocycles. The largest absolute Gasteiger partial charge is 0.334 e. The molecule has 0 aliphatic rings. The summed E-state index contributed by atoms with van der Waals surface area (Å²) in [5.41, 5.74) is 1.66. The van der Waals surface area contributed by atoms with Gasteiger partial charge in [0.25, 0.3) is 0 Å². The Hall–Kier alpha value is -1.84. The Kier molecular flexibility index (Phi) is 3.36. The van der Waals surface area contributed by atoms with Gasteiger partial charge in [0.05, 0.1) is 11.8 Å². The molecule has 0 aliphatic carbocycles. The van der Waals surface area contributed by atoms with Crippen molar-refractivity contribution in [1.82, 2.24) is 9.29 Å². The fraction of sp³-hybridized carbons (Fsp3) is 0.250. The summed E-state index contributed by atoms with van der Waals surface area (Å²) in [5.74, 6) is -0.0388. The molecule has 5 nitrogen and oxygen atoms in total. The molecule has 0 unspecified atom stereocenters. The third-order valence-electron chi connectivity index (χ3n) is 2.74. The zero-order chi connectivity index (χ0) is 13.2. The first-order chi connectivity index (χ1) is 8.55. The van der Waals surface area contributed by atoms with E-state index in [9.17, 15) is 8.42 Å². The number of nitrogens with one attached hydrogen (secondary N) is 1. The maximum atomic E-state index is 11.5. The summed E-state index contributed by atoms with van der Waals surface area (Å²) in [5, 5.41) is 9.62. The van der Waals surface area contributed by atoms with Gasteiger partial charge in [0.1, 0.15) is 6.54 Å². The van der Waals surface area contributed by atoms with Crippen LogP contribution in [0.4, 0.5) is 0 Å². The van der Waals surface area contributed by atoms with Crippen LogP contribution in [0.3, 0.4) is 0 Å². The number of nitriles is 1. The van der Waals surface area contributed by atoms with Gasteiger partial charge in [0, 0.05) is 11.7 Å². The molecule has 0 spiro atoms. The van der Waals surface area contributed by atoms with Crippen molar-refractivity contribution in [2.75, 3.05) is 7.05 Å². The Morgan fingerprint density at radius 3 is 2.83 bits per heavy atom. The molecule has 0 saturated heterocycles. The highest BCUT2D eigenvalue weighted by Crippen LogP contribution is 2.18. The molecule has 94 valence electrons. The Morgan fingerprint density at radius 2 is 2.17 bits per heavy atom. The lowest BCUT2D eigenvalue weighted by molar-refractivity contribution is 0.587. The van der Waals surface area contributed by atoms with Crippen LogP contribution in [-0.4, -0.2) is 20.0 Å². The van der Waals surface area contributed by atoms with Crippen LogP contribution in [0.5, 0.6) is 0 Å². The maximum Gasteiger partial charge on any atom is 0.215 e. The third kappa shape index (κ3) is 2.53. The van der Waals surface area contributed by atoms with Gasteiger partial charge in [-0.15, -0.1) is 0 Å². The van der Waals surface area contributed by atoms with E-state index in [1.54, 1.807) is 6.07 Å². The summed E-state index contributed by atoms with van der Waals surface area (Å²) < 4.78 is 27.0. The summed E-state index contributed by atoms with van der Waals surface area (Å²) in [6.45, 7) is 0.289. The van der Waals surface area contributed by atoms with Crippen LogP contribution in [0.1, 0.15) is 5.56 Å². The van der Waals surface area contributed by atoms with Crippen LogP contribution < -0.4 is 4.72 Å². The molecule has 1 aromatic heterocycles. The van der Waals surface area contributed by atoms with Crippen LogP contribution in [-0.2, 0) is 22.3 Å². The Bertz CT molecular complexity index is 710. The Balaban J connectivity index is 2.38. The minimum absolute atomic E-state index is 0.0388. The Morgan fingerprint density at radius 1 is 1.39 bits per heavy atom. The van der Waals surface area contributed by atoms with E-state index in [0.29, 0.717) is 0 Å². The molecule has 1 N–H and O–H groups in total. The van der Waals surface area contributed by atoms with E-state index in [4.69, 9.17) is 5.26 Å². The first kappa shape index (κ1) is 12.6. The molecule has 0 atom stereocenters. The summed E-state index contributed by atoms with van der Waals surface area (Å²) in [6, 6.07) is 9.40. The maximum absolute atomic E-state index is 11.5. The van der Waals surface area contributed by atoms with E-state index in [2.05, 4.69) is 10.8 Å². The monoisotopic (exact) mass is 263 g/mol. The van der Waals surface area contributed by atoms with Crippen molar-refractivity contribution in [1.29, 1.82) is 5.26 Å². The quantitative estimate of drug-likeness (QED) is 0.901. The predicted molar refractivity (Wildman–Crippen MR) is 69.2 cm³/mol. The molecule has 0 saturated carbocycles. The van der Waals surface area contributed by atoms with Gasteiger partial charge < -0.3 is 4.57 Å². The molecule has 0 radical (unpaired) electrons. The van der Waals surface area contributed by atoms with Crippen LogP contribution in [0.25, 0.3) is 10.9 Å². The second-order valence-corrected chi connectivity index (χ2v) is 5.88. The summed E-state index contributed by atoms with van der Waals surface area (Å²) in [7, 11) is -1.85. The summed E-state index contributed by atoms with van der Waals surface area (Å²) in [4.78, 5) is 0. The van der Waals surface area contributed by atoms with E-state index in [0.717, 1.165) is 16.5 Å². The highest BCUT2D eigenvalue weighted by Gasteiger charge is 2.09. The minimum atomic E-state index is -3.25. The van der Waals surface area contributed by atoms with Gasteiger partial charge in [-0.1, -0.05) is 6.07 Å². The number of sulfonamides is 1. The second-order valence-electron chi connectivity index (χ2n) is 3.96. The van der Waals surface area contributed by atoms with Gasteiger partial charge in [-0.3, -0.25) is 0 Å². The third-order valence-corrected chi connectivity index (χ3v) is 4.08. The summed E-state index contributed by atoms with van der Waals surface area (Å²) >= 11 is 0. The van der Waals surface area contributed by atoms with Crippen molar-refractivity contribution < 1.29 is 8.42 Å². The van der Waals surface area contributed by atoms with Gasteiger partial charge >= 0.3 is 0 Å². The fourth-order valence-corrected chi connectivity index (χ4v) is 2.61. The lowest BCUT2D eigenvalue weighted by atomic mass is 10.2. The highest BCUT2D eigenvalue weighted by atomic mass is 32.2. The number of benzene rings is 1. The van der Waals surface area contributed by atoms with Gasteiger partial charge in [0.15, 0.2) is 0 Å². The first-order valence-electron chi connectivity index (χ1n) is 5.41. The van der Waals surface area contributed by atoms with Crippen LogP contribution in [0.15, 0.2) is 30.5 Å². The molecular weight excluding hydrogens is 250 g/mol. The highest BCUT2D eigenvalue weighted by molar-refractivity contribution is 7.88. The topological polar surface area (TPSA) is 74.9 Å². The smallest absolute Gasteiger partial charge is 0.215 e. The van der Waals surface area contributed by atoms with Crippen LogP contribution in [0.2, 0.25) is 0 Å². The average Bonchev–Trinajstić information content (AvgIpc) is 2.72. The van der Waals surface area contributed by atoms with Crippen molar-refractivity contribution in [3.63, 3.8) is 0 Å². The normalized spacial score (nSPS) is 11.6. The van der Waals surface area contributed by atoms with Gasteiger partial charge in [-0.25, -0.2) is 13.1 Å². The molecule has 2 aromatic rings. The van der Waals surface area contributed by atoms with Crippen molar-refractivity contribution in [2.45, 2.75) is 12.3 Å². The van der Waals surface area contributed by atoms with Crippen LogP contribution in [0, 0.1) is 11.3 Å². The minimum Gasteiger partial charge on any atom is -0.334 e. The van der Waals surface area contributed by atoms with E-state index in [1.807, 2.05) is 29.0 Å². The van der Waals surface area contributed by atoms with E-state index < -0.39 is 10.0 Å². The fourth-order valence-electron chi connectivity index (χ4n) is 1.85. The second kappa shape index (κ2) is 4.80. The van der Waals surface area contributed by atoms with E-state index in [1.165, 1.54) is 7.05 Å². The molecule has 6 heteroatoms. The summed E-state index contributed by atoms with van der Waals surface area (Å²) in [6.07, 6.45) is 1.82. The van der Waals surface area contributed by atoms with E-state index >= 15 is 0 Å². The van der Waals surface area contributed by atoms with Crippen LogP contribution >= 0.6 is 0 Å². The molecule has 0 fully saturated rings. The first-order valence-corrected chi connectivity index (χ1v) is 7.07. The standard InChI is InChI=1S/C12H13N3O2S/c1-14-18(16,17)9-10-2-3-12-11(8-10)4-6-15(12)7-5-13/h2-4,6,8,14H,7,9H2,1H3. The number of hydrogen-bond donors (Lipinski definition) is 1. The number of fused-ring (bicyclic) bond motifs is 1. The number of aromatic nitrogens is 1. The average molecular weight is 263 g/mol. The zero-order valence-electron chi connectivity index (χ0n) is 9.92.